The smallest absolute Gasteiger partial charge is 0.123 e. The Bertz CT molecular complexity index is 702. The van der Waals surface area contributed by atoms with Crippen LogP contribution in [0.2, 0.25) is 0 Å². The Labute approximate surface area is 125 Å². The Morgan fingerprint density at radius 1 is 0.714 bits per heavy atom. The van der Waals surface area contributed by atoms with Crippen LogP contribution < -0.4 is 4.74 Å². The standard InChI is InChI=1S/C20H18O/c1-16-19(18-11-6-3-7-12-18)13-8-14-20(16)21-15-17-9-4-2-5-10-17/h2-14H,15H2,1H3. The van der Waals surface area contributed by atoms with Gasteiger partial charge in [0.1, 0.15) is 12.4 Å². The van der Waals surface area contributed by atoms with Crippen LogP contribution >= 0.6 is 0 Å². The van der Waals surface area contributed by atoms with Crippen LogP contribution in [0.1, 0.15) is 11.1 Å². The van der Waals surface area contributed by atoms with Gasteiger partial charge in [-0.1, -0.05) is 72.8 Å². The molecule has 0 heterocycles. The van der Waals surface area contributed by atoms with Crippen molar-refractivity contribution < 1.29 is 4.74 Å². The molecule has 0 bridgehead atoms. The summed E-state index contributed by atoms with van der Waals surface area (Å²) in [4.78, 5) is 0. The summed E-state index contributed by atoms with van der Waals surface area (Å²) >= 11 is 0. The summed E-state index contributed by atoms with van der Waals surface area (Å²) < 4.78 is 5.98. The van der Waals surface area contributed by atoms with Crippen molar-refractivity contribution in [2.24, 2.45) is 0 Å². The average molecular weight is 274 g/mol. The molecule has 0 radical (unpaired) electrons. The lowest BCUT2D eigenvalue weighted by Gasteiger charge is -2.13. The van der Waals surface area contributed by atoms with Gasteiger partial charge in [0.05, 0.1) is 0 Å². The van der Waals surface area contributed by atoms with Gasteiger partial charge in [-0.05, 0) is 35.2 Å². The zero-order chi connectivity index (χ0) is 14.5. The van der Waals surface area contributed by atoms with Crippen molar-refractivity contribution in [3.63, 3.8) is 0 Å². The largest absolute Gasteiger partial charge is 0.489 e. The third-order valence-corrected chi connectivity index (χ3v) is 3.61. The second-order valence-corrected chi connectivity index (χ2v) is 5.07. The van der Waals surface area contributed by atoms with Crippen LogP contribution in [-0.4, -0.2) is 0 Å². The zero-order valence-corrected chi connectivity index (χ0v) is 12.1. The SMILES string of the molecule is Cc1c(OCc2ccccc2)cccc1-c1ccccc1. The highest BCUT2D eigenvalue weighted by Crippen LogP contribution is 2.30. The third-order valence-electron chi connectivity index (χ3n) is 3.61. The molecule has 104 valence electrons. The molecule has 3 aromatic carbocycles. The van der Waals surface area contributed by atoms with Crippen LogP contribution in [0.5, 0.6) is 5.75 Å². The van der Waals surface area contributed by atoms with Gasteiger partial charge in [-0.3, -0.25) is 0 Å². The summed E-state index contributed by atoms with van der Waals surface area (Å²) in [5.74, 6) is 0.945. The monoisotopic (exact) mass is 274 g/mol. The molecular weight excluding hydrogens is 256 g/mol. The predicted molar refractivity (Wildman–Crippen MR) is 87.4 cm³/mol. The molecule has 0 unspecified atom stereocenters. The molecule has 0 N–H and O–H groups in total. The van der Waals surface area contributed by atoms with Crippen LogP contribution in [0.4, 0.5) is 0 Å². The van der Waals surface area contributed by atoms with E-state index in [2.05, 4.69) is 55.5 Å². The van der Waals surface area contributed by atoms with E-state index >= 15 is 0 Å². The van der Waals surface area contributed by atoms with Crippen LogP contribution in [0, 0.1) is 6.92 Å². The van der Waals surface area contributed by atoms with Gasteiger partial charge >= 0.3 is 0 Å². The normalized spacial score (nSPS) is 10.3. The second-order valence-electron chi connectivity index (χ2n) is 5.07. The number of ether oxygens (including phenoxy) is 1. The number of hydrogen-bond acceptors (Lipinski definition) is 1. The molecular formula is C20H18O. The first-order valence-corrected chi connectivity index (χ1v) is 7.16. The summed E-state index contributed by atoms with van der Waals surface area (Å²) in [7, 11) is 0. The third kappa shape index (κ3) is 3.14. The molecule has 3 rings (SSSR count). The second kappa shape index (κ2) is 6.27. The molecule has 0 aliphatic rings. The molecule has 0 fully saturated rings. The summed E-state index contributed by atoms with van der Waals surface area (Å²) in [5.41, 5.74) is 4.81. The Morgan fingerprint density at radius 2 is 1.38 bits per heavy atom. The van der Waals surface area contributed by atoms with Crippen LogP contribution in [0.15, 0.2) is 78.9 Å². The fourth-order valence-electron chi connectivity index (χ4n) is 2.44. The van der Waals surface area contributed by atoms with Gasteiger partial charge in [0, 0.05) is 0 Å². The minimum Gasteiger partial charge on any atom is -0.489 e. The molecule has 0 aliphatic heterocycles. The Balaban J connectivity index is 1.84. The van der Waals surface area contributed by atoms with Gasteiger partial charge in [-0.25, -0.2) is 0 Å². The molecule has 0 saturated heterocycles. The topological polar surface area (TPSA) is 9.23 Å². The quantitative estimate of drug-likeness (QED) is 0.632. The maximum Gasteiger partial charge on any atom is 0.123 e. The van der Waals surface area contributed by atoms with Gasteiger partial charge in [0.15, 0.2) is 0 Å². The van der Waals surface area contributed by atoms with Gasteiger partial charge < -0.3 is 4.74 Å². The molecule has 21 heavy (non-hydrogen) atoms. The molecule has 0 spiro atoms. The average Bonchev–Trinajstić information content (AvgIpc) is 2.56. The molecule has 1 heteroatoms. The summed E-state index contributed by atoms with van der Waals surface area (Å²) in [5, 5.41) is 0. The Kier molecular flexibility index (Phi) is 4.02. The van der Waals surface area contributed by atoms with E-state index in [1.807, 2.05) is 30.3 Å². The lowest BCUT2D eigenvalue weighted by molar-refractivity contribution is 0.304. The van der Waals surface area contributed by atoms with E-state index in [1.54, 1.807) is 0 Å². The number of benzene rings is 3. The van der Waals surface area contributed by atoms with Crippen molar-refractivity contribution in [3.05, 3.63) is 90.0 Å². The summed E-state index contributed by atoms with van der Waals surface area (Å²) in [6.07, 6.45) is 0. The van der Waals surface area contributed by atoms with Gasteiger partial charge in [-0.2, -0.15) is 0 Å². The zero-order valence-electron chi connectivity index (χ0n) is 12.1. The first kappa shape index (κ1) is 13.4. The fraction of sp³-hybridized carbons (Fsp3) is 0.100. The maximum absolute atomic E-state index is 5.98. The molecule has 0 saturated carbocycles. The van der Waals surface area contributed by atoms with E-state index < -0.39 is 0 Å². The van der Waals surface area contributed by atoms with Gasteiger partial charge in [-0.15, -0.1) is 0 Å². The molecule has 0 aliphatic carbocycles. The molecule has 0 amide bonds. The van der Waals surface area contributed by atoms with E-state index in [1.165, 1.54) is 22.3 Å². The highest BCUT2D eigenvalue weighted by atomic mass is 16.5. The van der Waals surface area contributed by atoms with E-state index in [4.69, 9.17) is 4.74 Å². The fourth-order valence-corrected chi connectivity index (χ4v) is 2.44. The first-order chi connectivity index (χ1) is 10.3. The van der Waals surface area contributed by atoms with E-state index in [9.17, 15) is 0 Å². The number of hydrogen-bond donors (Lipinski definition) is 0. The number of rotatable bonds is 4. The van der Waals surface area contributed by atoms with Gasteiger partial charge in [0.2, 0.25) is 0 Å². The first-order valence-electron chi connectivity index (χ1n) is 7.16. The van der Waals surface area contributed by atoms with Crippen molar-refractivity contribution >= 4 is 0 Å². The van der Waals surface area contributed by atoms with Crippen molar-refractivity contribution in [1.82, 2.24) is 0 Å². The van der Waals surface area contributed by atoms with E-state index in [0.717, 1.165) is 5.75 Å². The maximum atomic E-state index is 5.98. The van der Waals surface area contributed by atoms with E-state index in [0.29, 0.717) is 6.61 Å². The van der Waals surface area contributed by atoms with Crippen molar-refractivity contribution in [1.29, 1.82) is 0 Å². The Morgan fingerprint density at radius 3 is 2.10 bits per heavy atom. The molecule has 0 atom stereocenters. The molecule has 3 aromatic rings. The van der Waals surface area contributed by atoms with Crippen molar-refractivity contribution in [3.8, 4) is 16.9 Å². The highest BCUT2D eigenvalue weighted by Gasteiger charge is 2.06. The van der Waals surface area contributed by atoms with Crippen LogP contribution in [0.3, 0.4) is 0 Å². The summed E-state index contributed by atoms with van der Waals surface area (Å²) in [6, 6.07) is 26.9. The van der Waals surface area contributed by atoms with Crippen LogP contribution in [0.25, 0.3) is 11.1 Å². The Hall–Kier alpha value is -2.54. The van der Waals surface area contributed by atoms with Crippen molar-refractivity contribution in [2.75, 3.05) is 0 Å². The minimum absolute atomic E-state index is 0.597. The lowest BCUT2D eigenvalue weighted by Crippen LogP contribution is -1.97. The van der Waals surface area contributed by atoms with Gasteiger partial charge in [0.25, 0.3) is 0 Å². The summed E-state index contributed by atoms with van der Waals surface area (Å²) in [6.45, 7) is 2.71. The van der Waals surface area contributed by atoms with Crippen molar-refractivity contribution in [2.45, 2.75) is 13.5 Å². The van der Waals surface area contributed by atoms with Crippen LogP contribution in [-0.2, 0) is 6.61 Å². The predicted octanol–water partition coefficient (Wildman–Crippen LogP) is 5.24. The highest BCUT2D eigenvalue weighted by molar-refractivity contribution is 5.69. The van der Waals surface area contributed by atoms with E-state index in [-0.39, 0.29) is 0 Å². The lowest BCUT2D eigenvalue weighted by atomic mass is 10.00. The molecule has 0 aromatic heterocycles. The molecule has 1 nitrogen and oxygen atoms in total. The minimum atomic E-state index is 0.597.